The van der Waals surface area contributed by atoms with Crippen LogP contribution in [0.3, 0.4) is 0 Å². The summed E-state index contributed by atoms with van der Waals surface area (Å²) in [6.45, 7) is 1.57. The second kappa shape index (κ2) is 5.50. The Morgan fingerprint density at radius 1 is 1.15 bits per heavy atom. The smallest absolute Gasteiger partial charge is 0.419 e. The van der Waals surface area contributed by atoms with Gasteiger partial charge in [0, 0.05) is 12.3 Å². The van der Waals surface area contributed by atoms with Gasteiger partial charge in [-0.3, -0.25) is 0 Å². The minimum atomic E-state index is -4.49. The van der Waals surface area contributed by atoms with Crippen LogP contribution in [0.25, 0.3) is 0 Å². The molecule has 0 aliphatic rings. The van der Waals surface area contributed by atoms with Crippen LogP contribution >= 0.6 is 0 Å². The maximum absolute atomic E-state index is 12.8. The maximum Gasteiger partial charge on any atom is 0.419 e. The summed E-state index contributed by atoms with van der Waals surface area (Å²) < 4.78 is 43.5. The van der Waals surface area contributed by atoms with E-state index in [1.807, 2.05) is 0 Å². The molecular formula is C14H12F3NO2. The Kier molecular flexibility index (Phi) is 3.94. The van der Waals surface area contributed by atoms with Crippen LogP contribution in [0, 0.1) is 0 Å². The molecule has 0 amide bonds. The fourth-order valence-electron chi connectivity index (χ4n) is 1.60. The molecule has 1 aromatic heterocycles. The standard InChI is InChI=1S/C14H12F3NO2/c1-9(19)10-6-7-13(18-8-10)20-12-5-3-2-4-11(12)14(15,16)17/h2-9,19H,1H3/t9-/m0/s1. The molecule has 0 unspecified atom stereocenters. The Balaban J connectivity index is 2.26. The molecule has 20 heavy (non-hydrogen) atoms. The zero-order valence-corrected chi connectivity index (χ0v) is 10.6. The van der Waals surface area contributed by atoms with Gasteiger partial charge in [0.05, 0.1) is 11.7 Å². The summed E-state index contributed by atoms with van der Waals surface area (Å²) in [5.41, 5.74) is -0.303. The van der Waals surface area contributed by atoms with Gasteiger partial charge in [0.25, 0.3) is 0 Å². The maximum atomic E-state index is 12.8. The van der Waals surface area contributed by atoms with Crippen LogP contribution in [0.1, 0.15) is 24.2 Å². The summed E-state index contributed by atoms with van der Waals surface area (Å²) in [6.07, 6.45) is -3.83. The topological polar surface area (TPSA) is 42.4 Å². The van der Waals surface area contributed by atoms with Gasteiger partial charge in [-0.2, -0.15) is 13.2 Å². The third kappa shape index (κ3) is 3.27. The van der Waals surface area contributed by atoms with Gasteiger partial charge >= 0.3 is 6.18 Å². The zero-order chi connectivity index (χ0) is 14.8. The van der Waals surface area contributed by atoms with Crippen LogP contribution in [0.5, 0.6) is 11.6 Å². The normalized spacial score (nSPS) is 13.1. The SMILES string of the molecule is C[C@H](O)c1ccc(Oc2ccccc2C(F)(F)F)nc1. The second-order valence-corrected chi connectivity index (χ2v) is 4.20. The quantitative estimate of drug-likeness (QED) is 0.927. The molecule has 6 heteroatoms. The number of pyridine rings is 1. The molecule has 1 atom stereocenters. The first-order valence-electron chi connectivity index (χ1n) is 5.86. The van der Waals surface area contributed by atoms with E-state index in [-0.39, 0.29) is 11.6 Å². The van der Waals surface area contributed by atoms with Crippen molar-refractivity contribution < 1.29 is 23.0 Å². The number of hydrogen-bond acceptors (Lipinski definition) is 3. The van der Waals surface area contributed by atoms with Crippen molar-refractivity contribution in [2.75, 3.05) is 0 Å². The van der Waals surface area contributed by atoms with E-state index in [0.29, 0.717) is 5.56 Å². The van der Waals surface area contributed by atoms with Crippen molar-refractivity contribution in [1.29, 1.82) is 0 Å². The molecule has 0 saturated carbocycles. The number of aromatic nitrogens is 1. The van der Waals surface area contributed by atoms with Crippen molar-refractivity contribution in [3.63, 3.8) is 0 Å². The molecule has 106 valence electrons. The molecule has 0 saturated heterocycles. The summed E-state index contributed by atoms with van der Waals surface area (Å²) in [5, 5.41) is 9.33. The minimum absolute atomic E-state index is 0.0334. The summed E-state index contributed by atoms with van der Waals surface area (Å²) in [6, 6.07) is 7.87. The number of hydrogen-bond donors (Lipinski definition) is 1. The van der Waals surface area contributed by atoms with E-state index < -0.39 is 17.8 Å². The lowest BCUT2D eigenvalue weighted by molar-refractivity contribution is -0.138. The number of nitrogens with zero attached hydrogens (tertiary/aromatic N) is 1. The van der Waals surface area contributed by atoms with E-state index in [9.17, 15) is 18.3 Å². The van der Waals surface area contributed by atoms with Crippen LogP contribution in [0.2, 0.25) is 0 Å². The van der Waals surface area contributed by atoms with Gasteiger partial charge in [-0.15, -0.1) is 0 Å². The second-order valence-electron chi connectivity index (χ2n) is 4.20. The predicted octanol–water partition coefficient (Wildman–Crippen LogP) is 3.95. The third-order valence-electron chi connectivity index (χ3n) is 2.65. The Morgan fingerprint density at radius 3 is 2.40 bits per heavy atom. The van der Waals surface area contributed by atoms with Crippen LogP contribution in [-0.2, 0) is 6.18 Å². The van der Waals surface area contributed by atoms with Crippen LogP contribution in [0.15, 0.2) is 42.6 Å². The van der Waals surface area contributed by atoms with Crippen molar-refractivity contribution in [2.45, 2.75) is 19.2 Å². The molecule has 2 aromatic rings. The zero-order valence-electron chi connectivity index (χ0n) is 10.6. The average Bonchev–Trinajstić information content (AvgIpc) is 2.38. The van der Waals surface area contributed by atoms with Crippen molar-refractivity contribution in [1.82, 2.24) is 4.98 Å². The van der Waals surface area contributed by atoms with Gasteiger partial charge in [-0.25, -0.2) is 4.98 Å². The lowest BCUT2D eigenvalue weighted by Crippen LogP contribution is -2.07. The molecule has 1 aromatic carbocycles. The molecule has 0 aliphatic heterocycles. The molecule has 3 nitrogen and oxygen atoms in total. The van der Waals surface area contributed by atoms with Gasteiger partial charge < -0.3 is 9.84 Å². The number of benzene rings is 1. The van der Waals surface area contributed by atoms with Crippen molar-refractivity contribution in [3.8, 4) is 11.6 Å². The fraction of sp³-hybridized carbons (Fsp3) is 0.214. The van der Waals surface area contributed by atoms with Crippen molar-refractivity contribution >= 4 is 0 Å². The molecule has 0 fully saturated rings. The average molecular weight is 283 g/mol. The van der Waals surface area contributed by atoms with Crippen molar-refractivity contribution in [3.05, 3.63) is 53.7 Å². The number of aliphatic hydroxyl groups excluding tert-OH is 1. The summed E-state index contributed by atoms with van der Waals surface area (Å²) in [5.74, 6) is -0.275. The first-order chi connectivity index (χ1) is 9.38. The van der Waals surface area contributed by atoms with Crippen LogP contribution < -0.4 is 4.74 Å². The molecule has 0 bridgehead atoms. The van der Waals surface area contributed by atoms with E-state index in [0.717, 1.165) is 6.07 Å². The van der Waals surface area contributed by atoms with Crippen LogP contribution in [-0.4, -0.2) is 10.1 Å². The molecule has 0 aliphatic carbocycles. The molecular weight excluding hydrogens is 271 g/mol. The van der Waals surface area contributed by atoms with E-state index in [2.05, 4.69) is 4.98 Å². The Hall–Kier alpha value is -2.08. The van der Waals surface area contributed by atoms with Gasteiger partial charge in [0.15, 0.2) is 0 Å². The van der Waals surface area contributed by atoms with Gasteiger partial charge in [0.1, 0.15) is 5.75 Å². The van der Waals surface area contributed by atoms with Crippen LogP contribution in [0.4, 0.5) is 13.2 Å². The highest BCUT2D eigenvalue weighted by atomic mass is 19.4. The predicted molar refractivity (Wildman–Crippen MR) is 66.4 cm³/mol. The molecule has 1 N–H and O–H groups in total. The number of alkyl halides is 3. The summed E-state index contributed by atoms with van der Waals surface area (Å²) in [4.78, 5) is 3.87. The lowest BCUT2D eigenvalue weighted by atomic mass is 10.2. The minimum Gasteiger partial charge on any atom is -0.438 e. The van der Waals surface area contributed by atoms with E-state index >= 15 is 0 Å². The Morgan fingerprint density at radius 2 is 1.85 bits per heavy atom. The van der Waals surface area contributed by atoms with Gasteiger partial charge in [-0.1, -0.05) is 12.1 Å². The molecule has 2 rings (SSSR count). The summed E-state index contributed by atoms with van der Waals surface area (Å²) in [7, 11) is 0. The van der Waals surface area contributed by atoms with Gasteiger partial charge in [-0.05, 0) is 30.7 Å². The number of para-hydroxylation sites is 1. The fourth-order valence-corrected chi connectivity index (χ4v) is 1.60. The third-order valence-corrected chi connectivity index (χ3v) is 2.65. The largest absolute Gasteiger partial charge is 0.438 e. The Labute approximate surface area is 113 Å². The molecule has 0 spiro atoms. The molecule has 1 heterocycles. The number of ether oxygens (including phenoxy) is 1. The van der Waals surface area contributed by atoms with E-state index in [1.54, 1.807) is 13.0 Å². The lowest BCUT2D eigenvalue weighted by Gasteiger charge is -2.13. The van der Waals surface area contributed by atoms with Gasteiger partial charge in [0.2, 0.25) is 5.88 Å². The highest BCUT2D eigenvalue weighted by Crippen LogP contribution is 2.37. The van der Waals surface area contributed by atoms with E-state index in [4.69, 9.17) is 4.74 Å². The highest BCUT2D eigenvalue weighted by molar-refractivity contribution is 5.38. The summed E-state index contributed by atoms with van der Waals surface area (Å²) >= 11 is 0. The number of rotatable bonds is 3. The molecule has 0 radical (unpaired) electrons. The first kappa shape index (κ1) is 14.3. The number of aliphatic hydroxyl groups is 1. The monoisotopic (exact) mass is 283 g/mol. The van der Waals surface area contributed by atoms with Crippen molar-refractivity contribution in [2.24, 2.45) is 0 Å². The Bertz CT molecular complexity index is 580. The number of halogens is 3. The highest BCUT2D eigenvalue weighted by Gasteiger charge is 2.34. The first-order valence-corrected chi connectivity index (χ1v) is 5.86. The van der Waals surface area contributed by atoms with E-state index in [1.165, 1.54) is 30.5 Å².